The van der Waals surface area contributed by atoms with Gasteiger partial charge in [0, 0.05) is 0 Å². The van der Waals surface area contributed by atoms with Gasteiger partial charge in [0.15, 0.2) is 0 Å². The highest BCUT2D eigenvalue weighted by atomic mass is 16.6. The van der Waals surface area contributed by atoms with E-state index in [2.05, 4.69) is 0 Å². The normalized spacial score (nSPS) is 55.8. The fraction of sp³-hybridized carbons (Fsp3) is 0.833. The largest absolute Gasteiger partial charge is 0.481 e. The predicted molar refractivity (Wildman–Crippen MR) is 55.9 cm³/mol. The molecule has 6 atom stereocenters. The molecule has 0 aromatic heterocycles. The molecular weight excluding hydrogens is 240 g/mol. The SMILES string of the molecule is O=C(O)C12[C@@H]3CC[C@@H](O3)C1(C(=O)O)[C@@H]1CC[C@H]2O1. The summed E-state index contributed by atoms with van der Waals surface area (Å²) in [5, 5.41) is 19.4. The van der Waals surface area contributed by atoms with Gasteiger partial charge in [-0.2, -0.15) is 0 Å². The molecule has 0 radical (unpaired) electrons. The van der Waals surface area contributed by atoms with Crippen molar-refractivity contribution in [3.05, 3.63) is 0 Å². The summed E-state index contributed by atoms with van der Waals surface area (Å²) in [6.45, 7) is 0. The molecule has 4 saturated heterocycles. The van der Waals surface area contributed by atoms with Crippen molar-refractivity contribution in [3.8, 4) is 0 Å². The van der Waals surface area contributed by atoms with Gasteiger partial charge in [0.1, 0.15) is 10.8 Å². The van der Waals surface area contributed by atoms with Crippen molar-refractivity contribution in [3.63, 3.8) is 0 Å². The van der Waals surface area contributed by atoms with Gasteiger partial charge in [0.05, 0.1) is 24.4 Å². The summed E-state index contributed by atoms with van der Waals surface area (Å²) in [5.74, 6) is -2.13. The zero-order valence-corrected chi connectivity index (χ0v) is 9.67. The molecular formula is C12H14O6. The fourth-order valence-electron chi connectivity index (χ4n) is 5.00. The Morgan fingerprint density at radius 1 is 0.778 bits per heavy atom. The molecule has 0 aliphatic carbocycles. The van der Waals surface area contributed by atoms with E-state index in [1.54, 1.807) is 0 Å². The number of aliphatic carboxylic acids is 2. The van der Waals surface area contributed by atoms with E-state index in [9.17, 15) is 19.8 Å². The van der Waals surface area contributed by atoms with Crippen LogP contribution in [0.3, 0.4) is 0 Å². The summed E-state index contributed by atoms with van der Waals surface area (Å²) in [5.41, 5.74) is -2.74. The third-order valence-electron chi connectivity index (χ3n) is 5.46. The maximum Gasteiger partial charge on any atom is 0.316 e. The van der Waals surface area contributed by atoms with E-state index in [0.29, 0.717) is 25.7 Å². The standard InChI is InChI=1S/C12H14O6/c13-9(14)11-5-1-2-6(17-5)12(11,10(15)16)8-4-3-7(11)18-8/h5-8H,1-4H2,(H,13,14)(H,15,16)/t5-,6+,7+,8-,11?,12?. The molecule has 0 spiro atoms. The Morgan fingerprint density at radius 2 is 1.06 bits per heavy atom. The van der Waals surface area contributed by atoms with E-state index in [-0.39, 0.29) is 0 Å². The summed E-state index contributed by atoms with van der Waals surface area (Å²) in [4.78, 5) is 23.7. The van der Waals surface area contributed by atoms with Crippen molar-refractivity contribution < 1.29 is 29.3 Å². The first-order valence-electron chi connectivity index (χ1n) is 6.34. The predicted octanol–water partition coefficient (Wildman–Crippen LogP) is 0.251. The van der Waals surface area contributed by atoms with Gasteiger partial charge in [-0.3, -0.25) is 9.59 Å². The molecule has 4 aliphatic rings. The minimum Gasteiger partial charge on any atom is -0.481 e. The van der Waals surface area contributed by atoms with Gasteiger partial charge in [0.25, 0.3) is 0 Å². The van der Waals surface area contributed by atoms with Crippen molar-refractivity contribution in [1.29, 1.82) is 0 Å². The molecule has 6 heteroatoms. The number of hydrogen-bond donors (Lipinski definition) is 2. The second-order valence-corrected chi connectivity index (χ2v) is 5.73. The highest BCUT2D eigenvalue weighted by Gasteiger charge is 2.86. The van der Waals surface area contributed by atoms with Crippen LogP contribution in [-0.4, -0.2) is 46.6 Å². The molecule has 2 N–H and O–H groups in total. The third-order valence-corrected chi connectivity index (χ3v) is 5.46. The zero-order valence-electron chi connectivity index (χ0n) is 9.67. The monoisotopic (exact) mass is 254 g/mol. The van der Waals surface area contributed by atoms with Crippen LogP contribution in [0.4, 0.5) is 0 Å². The lowest BCUT2D eigenvalue weighted by Gasteiger charge is -2.45. The summed E-state index contributed by atoms with van der Waals surface area (Å²) >= 11 is 0. The van der Waals surface area contributed by atoms with E-state index in [0.717, 1.165) is 0 Å². The highest BCUT2D eigenvalue weighted by Crippen LogP contribution is 2.71. The van der Waals surface area contributed by atoms with Crippen molar-refractivity contribution in [2.75, 3.05) is 0 Å². The average molecular weight is 254 g/mol. The van der Waals surface area contributed by atoms with E-state index in [1.165, 1.54) is 0 Å². The lowest BCUT2D eigenvalue weighted by molar-refractivity contribution is -0.176. The Labute approximate surface area is 103 Å². The quantitative estimate of drug-likeness (QED) is 0.733. The van der Waals surface area contributed by atoms with Crippen LogP contribution in [0.2, 0.25) is 0 Å². The molecule has 2 unspecified atom stereocenters. The van der Waals surface area contributed by atoms with Crippen molar-refractivity contribution >= 4 is 11.9 Å². The van der Waals surface area contributed by atoms with Crippen LogP contribution in [0.15, 0.2) is 0 Å². The topological polar surface area (TPSA) is 93.1 Å². The van der Waals surface area contributed by atoms with E-state index >= 15 is 0 Å². The molecule has 6 nitrogen and oxygen atoms in total. The van der Waals surface area contributed by atoms with Crippen molar-refractivity contribution in [2.24, 2.45) is 10.8 Å². The molecule has 4 bridgehead atoms. The van der Waals surface area contributed by atoms with Crippen LogP contribution in [0.5, 0.6) is 0 Å². The van der Waals surface area contributed by atoms with Gasteiger partial charge in [-0.1, -0.05) is 0 Å². The van der Waals surface area contributed by atoms with Gasteiger partial charge >= 0.3 is 11.9 Å². The van der Waals surface area contributed by atoms with Crippen LogP contribution < -0.4 is 0 Å². The second kappa shape index (κ2) is 2.88. The molecule has 98 valence electrons. The van der Waals surface area contributed by atoms with Crippen LogP contribution >= 0.6 is 0 Å². The molecule has 0 saturated carbocycles. The Morgan fingerprint density at radius 3 is 1.28 bits per heavy atom. The number of carboxylic acids is 2. The molecule has 0 aromatic rings. The number of carbonyl (C=O) groups is 2. The molecule has 0 aromatic carbocycles. The average Bonchev–Trinajstić information content (AvgIpc) is 3.05. The summed E-state index contributed by atoms with van der Waals surface area (Å²) < 4.78 is 11.4. The Kier molecular flexibility index (Phi) is 1.72. The summed E-state index contributed by atoms with van der Waals surface area (Å²) in [6, 6.07) is 0. The van der Waals surface area contributed by atoms with Gasteiger partial charge in [-0.05, 0) is 25.7 Å². The van der Waals surface area contributed by atoms with Crippen LogP contribution in [0, 0.1) is 10.8 Å². The van der Waals surface area contributed by atoms with E-state index in [1.807, 2.05) is 0 Å². The number of rotatable bonds is 2. The third kappa shape index (κ3) is 0.746. The number of carboxylic acid groups (broad SMARTS) is 2. The number of hydrogen-bond acceptors (Lipinski definition) is 4. The first-order valence-corrected chi connectivity index (χ1v) is 6.34. The number of ether oxygens (including phenoxy) is 2. The maximum atomic E-state index is 11.9. The molecule has 18 heavy (non-hydrogen) atoms. The Bertz CT molecular complexity index is 395. The Balaban J connectivity index is 2.00. The smallest absolute Gasteiger partial charge is 0.316 e. The lowest BCUT2D eigenvalue weighted by atomic mass is 9.50. The first-order chi connectivity index (χ1) is 8.56. The lowest BCUT2D eigenvalue weighted by Crippen LogP contribution is -2.64. The fourth-order valence-corrected chi connectivity index (χ4v) is 5.00. The summed E-state index contributed by atoms with van der Waals surface area (Å²) in [6.07, 6.45) is 0.462. The minimum absolute atomic E-state index is 0.508. The highest BCUT2D eigenvalue weighted by molar-refractivity contribution is 5.91. The minimum atomic E-state index is -1.37. The van der Waals surface area contributed by atoms with E-state index in [4.69, 9.17) is 9.47 Å². The van der Waals surface area contributed by atoms with Crippen LogP contribution in [0.25, 0.3) is 0 Å². The maximum absolute atomic E-state index is 11.9. The Hall–Kier alpha value is -1.14. The zero-order chi connectivity index (χ0) is 12.7. The summed E-state index contributed by atoms with van der Waals surface area (Å²) in [7, 11) is 0. The molecule has 0 amide bonds. The first kappa shape index (κ1) is 10.8. The van der Waals surface area contributed by atoms with Gasteiger partial charge in [0.2, 0.25) is 0 Å². The van der Waals surface area contributed by atoms with Crippen molar-refractivity contribution in [1.82, 2.24) is 0 Å². The van der Waals surface area contributed by atoms with Gasteiger partial charge in [-0.25, -0.2) is 0 Å². The van der Waals surface area contributed by atoms with Gasteiger partial charge in [-0.15, -0.1) is 0 Å². The van der Waals surface area contributed by atoms with Crippen LogP contribution in [0.1, 0.15) is 25.7 Å². The van der Waals surface area contributed by atoms with Crippen molar-refractivity contribution in [2.45, 2.75) is 50.1 Å². The van der Waals surface area contributed by atoms with Gasteiger partial charge < -0.3 is 19.7 Å². The molecule has 4 fully saturated rings. The number of fused-ring (bicyclic) bond motifs is 9. The molecule has 4 heterocycles. The van der Waals surface area contributed by atoms with E-state index < -0.39 is 47.2 Å². The van der Waals surface area contributed by atoms with Crippen LogP contribution in [-0.2, 0) is 19.1 Å². The second-order valence-electron chi connectivity index (χ2n) is 5.73. The molecule has 4 rings (SSSR count). The molecule has 4 aliphatic heterocycles.